The molecular weight excluding hydrogens is 421 g/mol. The Bertz CT molecular complexity index is 1130. The maximum absolute atomic E-state index is 13.4. The Morgan fingerprint density at radius 2 is 1.97 bits per heavy atom. The van der Waals surface area contributed by atoms with E-state index in [-0.39, 0.29) is 12.4 Å². The Morgan fingerprint density at radius 1 is 1.22 bits per heavy atom. The van der Waals surface area contributed by atoms with Gasteiger partial charge in [-0.1, -0.05) is 13.0 Å². The molecule has 2 amide bonds. The number of carbonyl (C=O) groups is 1. The van der Waals surface area contributed by atoms with Crippen molar-refractivity contribution in [3.05, 3.63) is 54.1 Å². The molecule has 2 aromatic heterocycles. The molecule has 168 valence electrons. The summed E-state index contributed by atoms with van der Waals surface area (Å²) in [5.41, 5.74) is 6.30. The number of alkyl halides is 3. The number of urea groups is 1. The first kappa shape index (κ1) is 21.8. The number of nitrogens with zero attached hydrogens (tertiary/aromatic N) is 5. The molecule has 32 heavy (non-hydrogen) atoms. The van der Waals surface area contributed by atoms with E-state index in [0.29, 0.717) is 35.8 Å². The van der Waals surface area contributed by atoms with Gasteiger partial charge in [-0.15, -0.1) is 0 Å². The molecule has 7 nitrogen and oxygen atoms in total. The maximum atomic E-state index is 13.4. The molecule has 2 N–H and O–H groups in total. The number of primary amides is 1. The van der Waals surface area contributed by atoms with Gasteiger partial charge in [0.2, 0.25) is 0 Å². The number of fused-ring (bicyclic) bond motifs is 1. The third-order valence-electron chi connectivity index (χ3n) is 5.73. The number of anilines is 2. The summed E-state index contributed by atoms with van der Waals surface area (Å²) >= 11 is 0. The first-order valence-corrected chi connectivity index (χ1v) is 10.3. The van der Waals surface area contributed by atoms with Gasteiger partial charge in [0, 0.05) is 35.9 Å². The summed E-state index contributed by atoms with van der Waals surface area (Å²) in [6.07, 6.45) is 0.215. The number of amides is 2. The SMILES string of the molecule is CC1CCN(c2nc(C(F)(F)F)ccc2CN(C(N)=O)c2ccc3cncnc3c2)CC1. The van der Waals surface area contributed by atoms with Crippen molar-refractivity contribution in [2.45, 2.75) is 32.5 Å². The van der Waals surface area contributed by atoms with Gasteiger partial charge >= 0.3 is 12.2 Å². The molecule has 1 fully saturated rings. The van der Waals surface area contributed by atoms with Gasteiger partial charge in [0.25, 0.3) is 0 Å². The molecule has 0 atom stereocenters. The highest BCUT2D eigenvalue weighted by molar-refractivity contribution is 5.93. The molecule has 3 heterocycles. The summed E-state index contributed by atoms with van der Waals surface area (Å²) in [6, 6.07) is 6.76. The van der Waals surface area contributed by atoms with Crippen molar-refractivity contribution >= 4 is 28.4 Å². The number of rotatable bonds is 4. The van der Waals surface area contributed by atoms with E-state index in [1.807, 2.05) is 4.90 Å². The summed E-state index contributed by atoms with van der Waals surface area (Å²) in [6.45, 7) is 3.31. The number of hydrogen-bond acceptors (Lipinski definition) is 5. The molecule has 4 rings (SSSR count). The van der Waals surface area contributed by atoms with Crippen LogP contribution in [0, 0.1) is 5.92 Å². The van der Waals surface area contributed by atoms with Gasteiger partial charge in [0.15, 0.2) is 0 Å². The van der Waals surface area contributed by atoms with E-state index in [9.17, 15) is 18.0 Å². The molecule has 10 heteroatoms. The molecule has 0 bridgehead atoms. The number of carbonyl (C=O) groups excluding carboxylic acids is 1. The third-order valence-corrected chi connectivity index (χ3v) is 5.73. The summed E-state index contributed by atoms with van der Waals surface area (Å²) in [4.78, 5) is 27.6. The summed E-state index contributed by atoms with van der Waals surface area (Å²) in [5, 5.41) is 0.792. The van der Waals surface area contributed by atoms with Crippen molar-refractivity contribution in [2.24, 2.45) is 11.7 Å². The zero-order valence-corrected chi connectivity index (χ0v) is 17.5. The van der Waals surface area contributed by atoms with Crippen LogP contribution < -0.4 is 15.5 Å². The lowest BCUT2D eigenvalue weighted by molar-refractivity contribution is -0.141. The average molecular weight is 444 g/mol. The molecule has 1 aliphatic rings. The number of benzene rings is 1. The van der Waals surface area contributed by atoms with Crippen LogP contribution in [0.25, 0.3) is 10.9 Å². The Labute approximate surface area is 183 Å². The third kappa shape index (κ3) is 4.58. The fourth-order valence-corrected chi connectivity index (χ4v) is 3.85. The Kier molecular flexibility index (Phi) is 5.86. The van der Waals surface area contributed by atoms with Crippen molar-refractivity contribution in [3.8, 4) is 0 Å². The van der Waals surface area contributed by atoms with Crippen molar-refractivity contribution < 1.29 is 18.0 Å². The van der Waals surface area contributed by atoms with Crippen molar-refractivity contribution in [2.75, 3.05) is 22.9 Å². The van der Waals surface area contributed by atoms with E-state index in [1.54, 1.807) is 24.4 Å². The van der Waals surface area contributed by atoms with Crippen LogP contribution in [0.3, 0.4) is 0 Å². The smallest absolute Gasteiger partial charge is 0.356 e. The summed E-state index contributed by atoms with van der Waals surface area (Å²) < 4.78 is 40.1. The number of aromatic nitrogens is 3. The topological polar surface area (TPSA) is 88.2 Å². The minimum atomic E-state index is -4.56. The molecule has 0 unspecified atom stereocenters. The van der Waals surface area contributed by atoms with Gasteiger partial charge in [0.1, 0.15) is 17.8 Å². The minimum Gasteiger partial charge on any atom is -0.356 e. The van der Waals surface area contributed by atoms with E-state index in [1.165, 1.54) is 17.3 Å². The predicted molar refractivity (Wildman–Crippen MR) is 115 cm³/mol. The first-order chi connectivity index (χ1) is 15.2. The highest BCUT2D eigenvalue weighted by atomic mass is 19.4. The number of halogens is 3. The fourth-order valence-electron chi connectivity index (χ4n) is 3.85. The number of pyridine rings is 1. The predicted octanol–water partition coefficient (Wildman–Crippen LogP) is 4.37. The van der Waals surface area contributed by atoms with E-state index in [4.69, 9.17) is 5.73 Å². The van der Waals surface area contributed by atoms with Crippen molar-refractivity contribution in [1.82, 2.24) is 15.0 Å². The second kappa shape index (κ2) is 8.60. The van der Waals surface area contributed by atoms with Gasteiger partial charge in [-0.25, -0.2) is 19.7 Å². The second-order valence-electron chi connectivity index (χ2n) is 8.04. The minimum absolute atomic E-state index is 0.0154. The Morgan fingerprint density at radius 3 is 2.66 bits per heavy atom. The molecule has 0 radical (unpaired) electrons. The van der Waals surface area contributed by atoms with Crippen LogP contribution in [0.4, 0.5) is 29.5 Å². The number of hydrogen-bond donors (Lipinski definition) is 1. The van der Waals surface area contributed by atoms with Gasteiger partial charge in [-0.2, -0.15) is 13.2 Å². The lowest BCUT2D eigenvalue weighted by Gasteiger charge is -2.33. The fraction of sp³-hybridized carbons (Fsp3) is 0.364. The van der Waals surface area contributed by atoms with E-state index >= 15 is 0 Å². The molecule has 3 aromatic rings. The highest BCUT2D eigenvalue weighted by Crippen LogP contribution is 2.33. The van der Waals surface area contributed by atoms with E-state index < -0.39 is 17.9 Å². The summed E-state index contributed by atoms with van der Waals surface area (Å²) in [7, 11) is 0. The zero-order valence-electron chi connectivity index (χ0n) is 17.5. The van der Waals surface area contributed by atoms with Crippen LogP contribution in [0.15, 0.2) is 42.9 Å². The Hall–Kier alpha value is -3.43. The lowest BCUT2D eigenvalue weighted by atomic mass is 9.99. The molecule has 1 saturated heterocycles. The van der Waals surface area contributed by atoms with Crippen LogP contribution in [0.5, 0.6) is 0 Å². The normalized spacial score (nSPS) is 15.2. The lowest BCUT2D eigenvalue weighted by Crippen LogP contribution is -2.38. The monoisotopic (exact) mass is 444 g/mol. The van der Waals surface area contributed by atoms with Crippen molar-refractivity contribution in [3.63, 3.8) is 0 Å². The van der Waals surface area contributed by atoms with Crippen molar-refractivity contribution in [1.29, 1.82) is 0 Å². The van der Waals surface area contributed by atoms with E-state index in [2.05, 4.69) is 21.9 Å². The van der Waals surface area contributed by atoms with Gasteiger partial charge < -0.3 is 10.6 Å². The first-order valence-electron chi connectivity index (χ1n) is 10.3. The molecule has 0 spiro atoms. The molecule has 1 aliphatic heterocycles. The molecular formula is C22H23F3N6O. The summed E-state index contributed by atoms with van der Waals surface area (Å²) in [5.74, 6) is 0.739. The standard InChI is InChI=1S/C22H23F3N6O/c1-14-6-8-30(9-7-14)20-16(3-5-19(29-20)22(23,24)25)12-31(21(26)32)17-4-2-15-11-27-13-28-18(15)10-17/h2-5,10-11,13-14H,6-9,12H2,1H3,(H2,26,32). The molecule has 0 saturated carbocycles. The number of piperidine rings is 1. The van der Waals surface area contributed by atoms with Crippen LogP contribution in [0.2, 0.25) is 0 Å². The van der Waals surface area contributed by atoms with Crippen LogP contribution >= 0.6 is 0 Å². The van der Waals surface area contributed by atoms with Gasteiger partial charge in [-0.3, -0.25) is 4.90 Å². The van der Waals surface area contributed by atoms with Gasteiger partial charge in [0.05, 0.1) is 12.1 Å². The highest BCUT2D eigenvalue weighted by Gasteiger charge is 2.34. The second-order valence-corrected chi connectivity index (χ2v) is 8.04. The van der Waals surface area contributed by atoms with E-state index in [0.717, 1.165) is 24.3 Å². The average Bonchev–Trinajstić information content (AvgIpc) is 2.77. The Balaban J connectivity index is 1.72. The molecule has 0 aliphatic carbocycles. The largest absolute Gasteiger partial charge is 0.433 e. The van der Waals surface area contributed by atoms with Crippen LogP contribution in [-0.2, 0) is 12.7 Å². The number of nitrogens with two attached hydrogens (primary N) is 1. The quantitative estimate of drug-likeness (QED) is 0.646. The zero-order chi connectivity index (χ0) is 22.9. The van der Waals surface area contributed by atoms with Gasteiger partial charge in [-0.05, 0) is 43.0 Å². The maximum Gasteiger partial charge on any atom is 0.433 e. The molecule has 1 aromatic carbocycles. The van der Waals surface area contributed by atoms with Crippen LogP contribution in [-0.4, -0.2) is 34.1 Å². The van der Waals surface area contributed by atoms with Crippen LogP contribution in [0.1, 0.15) is 31.0 Å².